The van der Waals surface area contributed by atoms with Crippen LogP contribution in [-0.4, -0.2) is 16.3 Å². The number of nitrogens with two attached hydrogens (primary N) is 1. The molecule has 0 spiro atoms. The second-order valence-corrected chi connectivity index (χ2v) is 5.27. The van der Waals surface area contributed by atoms with Crippen LogP contribution in [0.2, 0.25) is 5.02 Å². The Hall–Kier alpha value is -1.39. The second kappa shape index (κ2) is 5.94. The predicted octanol–water partition coefficient (Wildman–Crippen LogP) is 3.00. The summed E-state index contributed by atoms with van der Waals surface area (Å²) in [6.07, 6.45) is 0.843. The van der Waals surface area contributed by atoms with Crippen LogP contribution in [0, 0.1) is 0 Å². The van der Waals surface area contributed by atoms with Gasteiger partial charge in [-0.3, -0.25) is 4.68 Å². The van der Waals surface area contributed by atoms with Gasteiger partial charge in [0, 0.05) is 20.0 Å². The zero-order valence-electron chi connectivity index (χ0n) is 11.7. The van der Waals surface area contributed by atoms with Gasteiger partial charge >= 0.3 is 0 Å². The summed E-state index contributed by atoms with van der Waals surface area (Å²) in [5.41, 5.74) is 6.08. The van der Waals surface area contributed by atoms with Crippen LogP contribution in [0.1, 0.15) is 23.9 Å². The third-order valence-corrected chi connectivity index (χ3v) is 4.00. The smallest absolute Gasteiger partial charge is 0.153 e. The molecule has 2 N–H and O–H groups in total. The molecule has 5 heteroatoms. The number of benzene rings is 1. The molecule has 20 heavy (non-hydrogen) atoms. The monoisotopic (exact) mass is 295 g/mol. The summed E-state index contributed by atoms with van der Waals surface area (Å²) in [6.45, 7) is 1.88. The van der Waals surface area contributed by atoms with Gasteiger partial charge in [-0.05, 0) is 12.0 Å². The number of rotatable bonds is 5. The molecule has 0 bridgehead atoms. The summed E-state index contributed by atoms with van der Waals surface area (Å²) >= 11 is 6.29. The predicted molar refractivity (Wildman–Crippen MR) is 79.6 cm³/mol. The Labute approximate surface area is 123 Å². The van der Waals surface area contributed by atoms with E-state index < -0.39 is 5.67 Å². The molecule has 1 atom stereocenters. The van der Waals surface area contributed by atoms with Gasteiger partial charge in [0.05, 0.1) is 16.4 Å². The average Bonchev–Trinajstić information content (AvgIpc) is 2.75. The molecule has 3 nitrogen and oxygen atoms in total. The Morgan fingerprint density at radius 2 is 2.00 bits per heavy atom. The number of aryl methyl sites for hydroxylation is 2. The normalized spacial score (nSPS) is 14.2. The molecule has 0 aliphatic rings. The maximum absolute atomic E-state index is 15.2. The minimum atomic E-state index is -1.64. The van der Waals surface area contributed by atoms with Crippen molar-refractivity contribution >= 4 is 11.6 Å². The molecule has 108 valence electrons. The van der Waals surface area contributed by atoms with Crippen LogP contribution in [0.5, 0.6) is 0 Å². The molecular formula is C15H19ClFN3. The highest BCUT2D eigenvalue weighted by molar-refractivity contribution is 6.31. The summed E-state index contributed by atoms with van der Waals surface area (Å²) in [4.78, 5) is 0. The fraction of sp³-hybridized carbons (Fsp3) is 0.400. The summed E-state index contributed by atoms with van der Waals surface area (Å²) < 4.78 is 16.8. The Morgan fingerprint density at radius 3 is 2.50 bits per heavy atom. The Kier molecular flexibility index (Phi) is 4.45. The van der Waals surface area contributed by atoms with Crippen molar-refractivity contribution in [2.75, 3.05) is 6.54 Å². The molecular weight excluding hydrogens is 277 g/mol. The minimum absolute atomic E-state index is 0.0972. The number of alkyl halides is 1. The van der Waals surface area contributed by atoms with Crippen LogP contribution < -0.4 is 5.73 Å². The van der Waals surface area contributed by atoms with Gasteiger partial charge in [0.15, 0.2) is 5.67 Å². The van der Waals surface area contributed by atoms with Crippen LogP contribution in [0.25, 0.3) is 0 Å². The Bertz CT molecular complexity index is 582. The van der Waals surface area contributed by atoms with Crippen molar-refractivity contribution in [2.45, 2.75) is 25.4 Å². The lowest BCUT2D eigenvalue weighted by Gasteiger charge is -2.24. The highest BCUT2D eigenvalue weighted by Gasteiger charge is 2.33. The van der Waals surface area contributed by atoms with Gasteiger partial charge in [-0.1, -0.05) is 48.9 Å². The maximum atomic E-state index is 15.2. The van der Waals surface area contributed by atoms with Crippen LogP contribution in [0.3, 0.4) is 0 Å². The van der Waals surface area contributed by atoms with Crippen molar-refractivity contribution in [2.24, 2.45) is 12.8 Å². The maximum Gasteiger partial charge on any atom is 0.153 e. The molecule has 0 fully saturated rings. The number of nitrogens with zero attached hydrogens (tertiary/aromatic N) is 2. The zero-order valence-corrected chi connectivity index (χ0v) is 12.5. The minimum Gasteiger partial charge on any atom is -0.327 e. The van der Waals surface area contributed by atoms with Gasteiger partial charge in [-0.2, -0.15) is 5.10 Å². The second-order valence-electron chi connectivity index (χ2n) is 4.90. The van der Waals surface area contributed by atoms with Crippen molar-refractivity contribution in [3.05, 3.63) is 52.3 Å². The molecule has 1 unspecified atom stereocenters. The summed E-state index contributed by atoms with van der Waals surface area (Å²) in [5.74, 6) is 0. The van der Waals surface area contributed by atoms with E-state index in [9.17, 15) is 0 Å². The average molecular weight is 296 g/mol. The molecule has 1 heterocycles. The molecule has 2 rings (SSSR count). The summed E-state index contributed by atoms with van der Waals surface area (Å²) in [5, 5.41) is 4.86. The molecule has 2 aromatic rings. The van der Waals surface area contributed by atoms with Crippen LogP contribution in [0.4, 0.5) is 4.39 Å². The van der Waals surface area contributed by atoms with Crippen molar-refractivity contribution < 1.29 is 4.39 Å². The van der Waals surface area contributed by atoms with Crippen molar-refractivity contribution in [3.8, 4) is 0 Å². The molecule has 0 saturated carbocycles. The number of aromatic nitrogens is 2. The first-order chi connectivity index (χ1) is 9.51. The lowest BCUT2D eigenvalue weighted by Crippen LogP contribution is -2.33. The van der Waals surface area contributed by atoms with Crippen LogP contribution >= 0.6 is 11.6 Å². The molecule has 0 aliphatic heterocycles. The van der Waals surface area contributed by atoms with Crippen LogP contribution in [0.15, 0.2) is 30.3 Å². The molecule has 0 radical (unpaired) electrons. The van der Waals surface area contributed by atoms with Crippen molar-refractivity contribution in [3.63, 3.8) is 0 Å². The molecule has 0 aliphatic carbocycles. The van der Waals surface area contributed by atoms with E-state index in [4.69, 9.17) is 17.3 Å². The van der Waals surface area contributed by atoms with Gasteiger partial charge in [-0.15, -0.1) is 0 Å². The molecule has 0 amide bonds. The Balaban J connectivity index is 2.38. The third-order valence-electron chi connectivity index (χ3n) is 3.57. The van der Waals surface area contributed by atoms with Gasteiger partial charge in [0.1, 0.15) is 0 Å². The van der Waals surface area contributed by atoms with Gasteiger partial charge < -0.3 is 5.73 Å². The summed E-state index contributed by atoms with van der Waals surface area (Å²) in [7, 11) is 1.78. The van der Waals surface area contributed by atoms with E-state index in [1.807, 2.05) is 25.1 Å². The van der Waals surface area contributed by atoms with E-state index in [1.54, 1.807) is 23.9 Å². The fourth-order valence-corrected chi connectivity index (χ4v) is 2.67. The topological polar surface area (TPSA) is 43.8 Å². The van der Waals surface area contributed by atoms with E-state index >= 15 is 4.39 Å². The van der Waals surface area contributed by atoms with Gasteiger partial charge in [0.2, 0.25) is 0 Å². The number of hydrogen-bond acceptors (Lipinski definition) is 2. The van der Waals surface area contributed by atoms with E-state index in [0.29, 0.717) is 16.3 Å². The number of hydrogen-bond donors (Lipinski definition) is 1. The van der Waals surface area contributed by atoms with Crippen molar-refractivity contribution in [1.29, 1.82) is 0 Å². The number of halogens is 2. The van der Waals surface area contributed by atoms with E-state index in [-0.39, 0.29) is 13.0 Å². The van der Waals surface area contributed by atoms with Crippen molar-refractivity contribution in [1.82, 2.24) is 9.78 Å². The highest BCUT2D eigenvalue weighted by Crippen LogP contribution is 2.32. The Morgan fingerprint density at radius 1 is 1.35 bits per heavy atom. The van der Waals surface area contributed by atoms with E-state index in [2.05, 4.69) is 5.10 Å². The molecule has 1 aromatic carbocycles. The first-order valence-electron chi connectivity index (χ1n) is 6.66. The third kappa shape index (κ3) is 2.72. The largest absolute Gasteiger partial charge is 0.327 e. The first kappa shape index (κ1) is 15.0. The fourth-order valence-electron chi connectivity index (χ4n) is 2.31. The van der Waals surface area contributed by atoms with Crippen LogP contribution in [-0.2, 0) is 25.6 Å². The van der Waals surface area contributed by atoms with E-state index in [1.165, 1.54) is 0 Å². The lowest BCUT2D eigenvalue weighted by atomic mass is 9.91. The zero-order chi connectivity index (χ0) is 14.8. The first-order valence-corrected chi connectivity index (χ1v) is 7.04. The van der Waals surface area contributed by atoms with Gasteiger partial charge in [-0.25, -0.2) is 4.39 Å². The summed E-state index contributed by atoms with van der Waals surface area (Å²) in [6, 6.07) is 8.96. The van der Waals surface area contributed by atoms with E-state index in [0.717, 1.165) is 12.1 Å². The lowest BCUT2D eigenvalue weighted by molar-refractivity contribution is 0.172. The standard InChI is InChI=1S/C15H19ClFN3/c1-3-12-14(16)13(20(2)19-12)9-15(17,10-18)11-7-5-4-6-8-11/h4-8H,3,9-10,18H2,1-2H3. The molecule has 0 saturated heterocycles. The SMILES string of the molecule is CCc1nn(C)c(CC(F)(CN)c2ccccc2)c1Cl. The molecule has 1 aromatic heterocycles. The van der Waals surface area contributed by atoms with Gasteiger partial charge in [0.25, 0.3) is 0 Å². The quantitative estimate of drug-likeness (QED) is 0.921. The highest BCUT2D eigenvalue weighted by atomic mass is 35.5.